The molecule has 0 fully saturated rings. The predicted octanol–water partition coefficient (Wildman–Crippen LogP) is 2.90. The van der Waals surface area contributed by atoms with E-state index in [0.29, 0.717) is 18.1 Å². The van der Waals surface area contributed by atoms with Crippen LogP contribution in [0.15, 0.2) is 34.7 Å². The molecular weight excluding hydrogens is 252 g/mol. The van der Waals surface area contributed by atoms with E-state index in [9.17, 15) is 8.78 Å². The van der Waals surface area contributed by atoms with Gasteiger partial charge >= 0.3 is 0 Å². The van der Waals surface area contributed by atoms with Crippen molar-refractivity contribution < 1.29 is 18.3 Å². The molecule has 0 spiro atoms. The second kappa shape index (κ2) is 5.95. The fraction of sp³-hybridized carbons (Fsp3) is 0.286. The summed E-state index contributed by atoms with van der Waals surface area (Å²) in [6.45, 7) is 1.96. The van der Waals surface area contributed by atoms with Gasteiger partial charge in [-0.1, -0.05) is 0 Å². The van der Waals surface area contributed by atoms with E-state index in [0.717, 1.165) is 12.1 Å². The van der Waals surface area contributed by atoms with Crippen molar-refractivity contribution >= 4 is 0 Å². The van der Waals surface area contributed by atoms with Gasteiger partial charge < -0.3 is 14.8 Å². The second-order valence-corrected chi connectivity index (χ2v) is 4.29. The quantitative estimate of drug-likeness (QED) is 0.875. The van der Waals surface area contributed by atoms with E-state index in [1.54, 1.807) is 19.1 Å². The Kier molecular flexibility index (Phi) is 4.29. The molecule has 2 N–H and O–H groups in total. The topological polar surface area (TPSA) is 45.4 Å². The summed E-state index contributed by atoms with van der Waals surface area (Å²) in [7, 11) is 0. The Morgan fingerprint density at radius 2 is 1.95 bits per heavy atom. The fourth-order valence-corrected chi connectivity index (χ4v) is 1.81. The van der Waals surface area contributed by atoms with Crippen LogP contribution in [-0.4, -0.2) is 5.11 Å². The summed E-state index contributed by atoms with van der Waals surface area (Å²) in [5.41, 5.74) is 0.272. The van der Waals surface area contributed by atoms with Gasteiger partial charge in [0.05, 0.1) is 6.54 Å². The average Bonchev–Trinajstić information content (AvgIpc) is 2.87. The molecule has 1 atom stereocenters. The maximum atomic E-state index is 13.5. The van der Waals surface area contributed by atoms with E-state index >= 15 is 0 Å². The lowest BCUT2D eigenvalue weighted by Crippen LogP contribution is -2.19. The molecule has 19 heavy (non-hydrogen) atoms. The Morgan fingerprint density at radius 3 is 2.63 bits per heavy atom. The van der Waals surface area contributed by atoms with Gasteiger partial charge in [-0.3, -0.25) is 0 Å². The lowest BCUT2D eigenvalue weighted by Gasteiger charge is -2.14. The van der Waals surface area contributed by atoms with Crippen LogP contribution in [0, 0.1) is 11.6 Å². The zero-order valence-electron chi connectivity index (χ0n) is 10.5. The molecule has 0 amide bonds. The minimum atomic E-state index is -0.467. The van der Waals surface area contributed by atoms with Crippen LogP contribution in [0.25, 0.3) is 0 Å². The van der Waals surface area contributed by atoms with Crippen molar-refractivity contribution in [3.05, 3.63) is 59.1 Å². The Bertz CT molecular complexity index is 554. The summed E-state index contributed by atoms with van der Waals surface area (Å²) >= 11 is 0. The number of furan rings is 1. The smallest absolute Gasteiger partial charge is 0.129 e. The van der Waals surface area contributed by atoms with Crippen LogP contribution in [-0.2, 0) is 13.2 Å². The van der Waals surface area contributed by atoms with E-state index < -0.39 is 11.6 Å². The minimum Gasteiger partial charge on any atom is -0.462 e. The van der Waals surface area contributed by atoms with Gasteiger partial charge in [0, 0.05) is 11.6 Å². The Balaban J connectivity index is 2.00. The van der Waals surface area contributed by atoms with Gasteiger partial charge in [0.2, 0.25) is 0 Å². The van der Waals surface area contributed by atoms with Crippen LogP contribution >= 0.6 is 0 Å². The zero-order valence-corrected chi connectivity index (χ0v) is 10.5. The summed E-state index contributed by atoms with van der Waals surface area (Å²) in [5.74, 6) is 0.191. The second-order valence-electron chi connectivity index (χ2n) is 4.29. The summed E-state index contributed by atoms with van der Waals surface area (Å²) in [5, 5.41) is 11.9. The van der Waals surface area contributed by atoms with Crippen LogP contribution in [0.3, 0.4) is 0 Å². The van der Waals surface area contributed by atoms with Crippen molar-refractivity contribution in [2.75, 3.05) is 0 Å². The van der Waals surface area contributed by atoms with Crippen LogP contribution < -0.4 is 5.32 Å². The van der Waals surface area contributed by atoms with Crippen molar-refractivity contribution in [2.45, 2.75) is 26.1 Å². The number of nitrogens with one attached hydrogen (secondary N) is 1. The van der Waals surface area contributed by atoms with Crippen molar-refractivity contribution in [1.29, 1.82) is 0 Å². The molecule has 0 aliphatic carbocycles. The van der Waals surface area contributed by atoms with Crippen LogP contribution in [0.2, 0.25) is 0 Å². The normalized spacial score (nSPS) is 12.6. The largest absolute Gasteiger partial charge is 0.462 e. The lowest BCUT2D eigenvalue weighted by molar-refractivity contribution is 0.242. The van der Waals surface area contributed by atoms with Crippen molar-refractivity contribution in [3.63, 3.8) is 0 Å². The molecule has 2 rings (SSSR count). The molecule has 1 aromatic heterocycles. The molecule has 5 heteroatoms. The molecule has 2 aromatic rings. The molecule has 0 radical (unpaired) electrons. The highest BCUT2D eigenvalue weighted by molar-refractivity contribution is 5.22. The molecule has 0 saturated heterocycles. The van der Waals surface area contributed by atoms with Gasteiger partial charge in [0.1, 0.15) is 29.8 Å². The third-order valence-corrected chi connectivity index (χ3v) is 2.88. The molecule has 0 saturated carbocycles. The first-order valence-corrected chi connectivity index (χ1v) is 5.97. The van der Waals surface area contributed by atoms with Gasteiger partial charge in [-0.05, 0) is 37.3 Å². The number of rotatable bonds is 5. The molecule has 3 nitrogen and oxygen atoms in total. The van der Waals surface area contributed by atoms with Gasteiger partial charge in [-0.25, -0.2) is 8.78 Å². The first-order valence-electron chi connectivity index (χ1n) is 5.97. The number of benzene rings is 1. The first kappa shape index (κ1) is 13.7. The predicted molar refractivity (Wildman–Crippen MR) is 66.2 cm³/mol. The van der Waals surface area contributed by atoms with Crippen LogP contribution in [0.4, 0.5) is 8.78 Å². The fourth-order valence-electron chi connectivity index (χ4n) is 1.81. The first-order chi connectivity index (χ1) is 9.10. The Hall–Kier alpha value is -1.72. The van der Waals surface area contributed by atoms with Gasteiger partial charge in [0.25, 0.3) is 0 Å². The monoisotopic (exact) mass is 267 g/mol. The molecule has 1 heterocycles. The zero-order chi connectivity index (χ0) is 13.8. The number of hydrogen-bond donors (Lipinski definition) is 2. The molecule has 0 bridgehead atoms. The minimum absolute atomic E-state index is 0.159. The Morgan fingerprint density at radius 1 is 1.21 bits per heavy atom. The van der Waals surface area contributed by atoms with E-state index in [1.165, 1.54) is 6.07 Å². The molecule has 102 valence electrons. The molecule has 0 aliphatic rings. The lowest BCUT2D eigenvalue weighted by atomic mass is 10.1. The summed E-state index contributed by atoms with van der Waals surface area (Å²) in [6.07, 6.45) is 0. The maximum Gasteiger partial charge on any atom is 0.129 e. The van der Waals surface area contributed by atoms with Crippen LogP contribution in [0.1, 0.15) is 30.0 Å². The van der Waals surface area contributed by atoms with E-state index in [-0.39, 0.29) is 18.2 Å². The number of hydrogen-bond acceptors (Lipinski definition) is 3. The third kappa shape index (κ3) is 3.39. The van der Waals surface area contributed by atoms with Crippen molar-refractivity contribution in [2.24, 2.45) is 0 Å². The van der Waals surface area contributed by atoms with Gasteiger partial charge in [0.15, 0.2) is 0 Å². The maximum absolute atomic E-state index is 13.5. The molecular formula is C14H15F2NO2. The van der Waals surface area contributed by atoms with Crippen molar-refractivity contribution in [3.8, 4) is 0 Å². The number of aliphatic hydroxyl groups excluding tert-OH is 1. The summed E-state index contributed by atoms with van der Waals surface area (Å²) in [6, 6.07) is 6.43. The summed E-state index contributed by atoms with van der Waals surface area (Å²) in [4.78, 5) is 0. The highest BCUT2D eigenvalue weighted by atomic mass is 19.1. The van der Waals surface area contributed by atoms with Crippen LogP contribution in [0.5, 0.6) is 0 Å². The standard InChI is InChI=1S/C14H15F2NO2/c1-9(13-6-10(15)2-5-14(13)16)17-7-11-3-4-12(8-18)19-11/h2-6,9,17-18H,7-8H2,1H3. The van der Waals surface area contributed by atoms with Gasteiger partial charge in [-0.15, -0.1) is 0 Å². The number of halogens is 2. The molecule has 0 aliphatic heterocycles. The molecule has 1 aromatic carbocycles. The average molecular weight is 267 g/mol. The highest BCUT2D eigenvalue weighted by Crippen LogP contribution is 2.18. The van der Waals surface area contributed by atoms with Gasteiger partial charge in [-0.2, -0.15) is 0 Å². The summed E-state index contributed by atoms with van der Waals surface area (Å²) < 4.78 is 31.9. The highest BCUT2D eigenvalue weighted by Gasteiger charge is 2.12. The van der Waals surface area contributed by atoms with E-state index in [2.05, 4.69) is 5.32 Å². The third-order valence-electron chi connectivity index (χ3n) is 2.88. The molecule has 1 unspecified atom stereocenters. The number of aliphatic hydroxyl groups is 1. The SMILES string of the molecule is CC(NCc1ccc(CO)o1)c1cc(F)ccc1F. The van der Waals surface area contributed by atoms with E-state index in [4.69, 9.17) is 9.52 Å². The Labute approximate surface area is 109 Å². The van der Waals surface area contributed by atoms with E-state index in [1.807, 2.05) is 0 Å². The van der Waals surface area contributed by atoms with Crippen molar-refractivity contribution in [1.82, 2.24) is 5.32 Å².